The predicted molar refractivity (Wildman–Crippen MR) is 107 cm³/mol. The second-order valence-corrected chi connectivity index (χ2v) is 7.26. The van der Waals surface area contributed by atoms with E-state index in [4.69, 9.17) is 4.42 Å². The minimum absolute atomic E-state index is 0.0786. The van der Waals surface area contributed by atoms with Gasteiger partial charge in [-0.05, 0) is 72.9 Å². The van der Waals surface area contributed by atoms with E-state index in [1.54, 1.807) is 53.4 Å². The molecule has 2 aromatic carbocycles. The number of nitrogens with zero attached hydrogens (tertiary/aromatic N) is 1. The summed E-state index contributed by atoms with van der Waals surface area (Å²) in [4.78, 5) is 26.9. The lowest BCUT2D eigenvalue weighted by atomic mass is 10.1. The van der Waals surface area contributed by atoms with Crippen molar-refractivity contribution in [3.8, 4) is 0 Å². The van der Waals surface area contributed by atoms with Crippen LogP contribution in [0.2, 0.25) is 0 Å². The third-order valence-corrected chi connectivity index (χ3v) is 4.88. The number of carbonyl (C=O) groups is 2. The van der Waals surface area contributed by atoms with Crippen molar-refractivity contribution in [3.63, 3.8) is 0 Å². The van der Waals surface area contributed by atoms with Crippen LogP contribution in [0.25, 0.3) is 0 Å². The summed E-state index contributed by atoms with van der Waals surface area (Å²) in [5.74, 6) is 0.0400. The van der Waals surface area contributed by atoms with Crippen LogP contribution in [0, 0.1) is 11.7 Å². The first-order valence-corrected chi connectivity index (χ1v) is 9.57. The second-order valence-electron chi connectivity index (χ2n) is 7.26. The van der Waals surface area contributed by atoms with E-state index in [0.29, 0.717) is 30.3 Å². The maximum absolute atomic E-state index is 13.2. The third kappa shape index (κ3) is 4.90. The van der Waals surface area contributed by atoms with Gasteiger partial charge in [0, 0.05) is 24.3 Å². The fraction of sp³-hybridized carbons (Fsp3) is 0.217. The molecule has 3 aromatic rings. The number of hydrogen-bond donors (Lipinski definition) is 1. The topological polar surface area (TPSA) is 62.6 Å². The number of carbonyl (C=O) groups excluding carboxylic acids is 2. The van der Waals surface area contributed by atoms with Crippen LogP contribution < -0.4 is 5.32 Å². The summed E-state index contributed by atoms with van der Waals surface area (Å²) >= 11 is 0. The lowest BCUT2D eigenvalue weighted by molar-refractivity contribution is 0.0735. The van der Waals surface area contributed by atoms with Gasteiger partial charge >= 0.3 is 0 Å². The molecule has 0 unspecified atom stereocenters. The fourth-order valence-electron chi connectivity index (χ4n) is 3.12. The average molecular weight is 392 g/mol. The van der Waals surface area contributed by atoms with Gasteiger partial charge in [0.25, 0.3) is 11.8 Å². The fourth-order valence-corrected chi connectivity index (χ4v) is 3.12. The molecule has 5 nitrogen and oxygen atoms in total. The van der Waals surface area contributed by atoms with Gasteiger partial charge in [0.15, 0.2) is 5.76 Å². The van der Waals surface area contributed by atoms with Gasteiger partial charge in [-0.1, -0.05) is 12.1 Å². The Bertz CT molecular complexity index is 978. The molecule has 1 aromatic heterocycles. The van der Waals surface area contributed by atoms with Crippen LogP contribution in [0.3, 0.4) is 0 Å². The molecule has 0 radical (unpaired) electrons. The molecule has 0 aliphatic heterocycles. The standard InChI is InChI=1S/C23H21FN2O3/c24-19-9-5-17(6-10-19)15-26(14-16-3-4-16)23(28)18-7-11-20(12-8-18)25-22(27)21-2-1-13-29-21/h1-2,5-13,16H,3-4,14-15H2,(H,25,27). The number of nitrogens with one attached hydrogen (secondary N) is 1. The molecule has 148 valence electrons. The van der Waals surface area contributed by atoms with E-state index in [-0.39, 0.29) is 23.4 Å². The third-order valence-electron chi connectivity index (χ3n) is 4.88. The Labute approximate surface area is 168 Å². The van der Waals surface area contributed by atoms with Crippen LogP contribution in [0.1, 0.15) is 39.3 Å². The van der Waals surface area contributed by atoms with Gasteiger partial charge in [-0.15, -0.1) is 0 Å². The smallest absolute Gasteiger partial charge is 0.291 e. The molecule has 4 rings (SSSR count). The minimum atomic E-state index is -0.347. The van der Waals surface area contributed by atoms with Crippen molar-refractivity contribution in [3.05, 3.63) is 89.6 Å². The summed E-state index contributed by atoms with van der Waals surface area (Å²) in [7, 11) is 0. The van der Waals surface area contributed by atoms with E-state index in [1.165, 1.54) is 18.4 Å². The molecule has 0 bridgehead atoms. The van der Waals surface area contributed by atoms with Gasteiger partial charge in [-0.25, -0.2) is 4.39 Å². The highest BCUT2D eigenvalue weighted by molar-refractivity contribution is 6.02. The monoisotopic (exact) mass is 392 g/mol. The van der Waals surface area contributed by atoms with Gasteiger partial charge in [0.2, 0.25) is 0 Å². The van der Waals surface area contributed by atoms with Crippen molar-refractivity contribution < 1.29 is 18.4 Å². The Hall–Kier alpha value is -3.41. The Morgan fingerprint density at radius 1 is 1.03 bits per heavy atom. The summed E-state index contributed by atoms with van der Waals surface area (Å²) < 4.78 is 18.2. The number of halogens is 1. The highest BCUT2D eigenvalue weighted by Gasteiger charge is 2.27. The first-order chi connectivity index (χ1) is 14.1. The molecule has 1 aliphatic carbocycles. The molecule has 1 heterocycles. The number of benzene rings is 2. The molecule has 29 heavy (non-hydrogen) atoms. The summed E-state index contributed by atoms with van der Waals surface area (Å²) in [6.45, 7) is 1.12. The number of anilines is 1. The van der Waals surface area contributed by atoms with E-state index < -0.39 is 0 Å². The first kappa shape index (κ1) is 18.9. The van der Waals surface area contributed by atoms with E-state index in [0.717, 1.165) is 18.4 Å². The van der Waals surface area contributed by atoms with Crippen molar-refractivity contribution in [2.24, 2.45) is 5.92 Å². The molecule has 1 aliphatic rings. The molecule has 0 saturated heterocycles. The molecule has 2 amide bonds. The molecule has 0 atom stereocenters. The van der Waals surface area contributed by atoms with Crippen molar-refractivity contribution in [2.45, 2.75) is 19.4 Å². The quantitative estimate of drug-likeness (QED) is 0.633. The number of furan rings is 1. The zero-order chi connectivity index (χ0) is 20.2. The number of amides is 2. The molecule has 6 heteroatoms. The van der Waals surface area contributed by atoms with Crippen LogP contribution in [0.5, 0.6) is 0 Å². The minimum Gasteiger partial charge on any atom is -0.459 e. The first-order valence-electron chi connectivity index (χ1n) is 9.57. The van der Waals surface area contributed by atoms with Crippen LogP contribution in [-0.2, 0) is 6.54 Å². The van der Waals surface area contributed by atoms with E-state index in [9.17, 15) is 14.0 Å². The molecular weight excluding hydrogens is 371 g/mol. The molecule has 1 saturated carbocycles. The van der Waals surface area contributed by atoms with Gasteiger partial charge in [0.1, 0.15) is 5.82 Å². The van der Waals surface area contributed by atoms with E-state index in [2.05, 4.69) is 5.32 Å². The number of rotatable bonds is 7. The summed E-state index contributed by atoms with van der Waals surface area (Å²) in [6, 6.07) is 16.2. The average Bonchev–Trinajstić information content (AvgIpc) is 3.37. The SMILES string of the molecule is O=C(Nc1ccc(C(=O)N(Cc2ccc(F)cc2)CC2CC2)cc1)c1ccco1. The molecule has 0 spiro atoms. The molecule has 1 N–H and O–H groups in total. The Morgan fingerprint density at radius 3 is 2.38 bits per heavy atom. The van der Waals surface area contributed by atoms with Crippen molar-refractivity contribution >= 4 is 17.5 Å². The largest absolute Gasteiger partial charge is 0.459 e. The van der Waals surface area contributed by atoms with Crippen LogP contribution in [0.15, 0.2) is 71.3 Å². The predicted octanol–water partition coefficient (Wildman–Crippen LogP) is 4.72. The van der Waals surface area contributed by atoms with Crippen LogP contribution in [0.4, 0.5) is 10.1 Å². The highest BCUT2D eigenvalue weighted by Crippen LogP contribution is 2.31. The summed E-state index contributed by atoms with van der Waals surface area (Å²) in [6.07, 6.45) is 3.70. The summed E-state index contributed by atoms with van der Waals surface area (Å²) in [5, 5.41) is 2.73. The van der Waals surface area contributed by atoms with Crippen LogP contribution >= 0.6 is 0 Å². The van der Waals surface area contributed by atoms with Gasteiger partial charge in [-0.2, -0.15) is 0 Å². The van der Waals surface area contributed by atoms with Crippen molar-refractivity contribution in [1.29, 1.82) is 0 Å². The van der Waals surface area contributed by atoms with Crippen molar-refractivity contribution in [2.75, 3.05) is 11.9 Å². The van der Waals surface area contributed by atoms with E-state index in [1.807, 2.05) is 0 Å². The Kier molecular flexibility index (Phi) is 5.42. The lowest BCUT2D eigenvalue weighted by Gasteiger charge is -2.23. The maximum atomic E-state index is 13.2. The molecule has 1 fully saturated rings. The van der Waals surface area contributed by atoms with E-state index >= 15 is 0 Å². The van der Waals surface area contributed by atoms with Gasteiger partial charge in [-0.3, -0.25) is 9.59 Å². The zero-order valence-corrected chi connectivity index (χ0v) is 15.8. The van der Waals surface area contributed by atoms with Crippen LogP contribution in [-0.4, -0.2) is 23.3 Å². The van der Waals surface area contributed by atoms with Gasteiger partial charge in [0.05, 0.1) is 6.26 Å². The summed E-state index contributed by atoms with van der Waals surface area (Å²) in [5.41, 5.74) is 2.02. The zero-order valence-electron chi connectivity index (χ0n) is 15.8. The normalized spacial score (nSPS) is 13.1. The Morgan fingerprint density at radius 2 is 1.76 bits per heavy atom. The Balaban J connectivity index is 1.45. The number of hydrogen-bond acceptors (Lipinski definition) is 3. The maximum Gasteiger partial charge on any atom is 0.291 e. The molecular formula is C23H21FN2O3. The highest BCUT2D eigenvalue weighted by atomic mass is 19.1. The van der Waals surface area contributed by atoms with Gasteiger partial charge < -0.3 is 14.6 Å². The van der Waals surface area contributed by atoms with Crippen molar-refractivity contribution in [1.82, 2.24) is 4.90 Å². The lowest BCUT2D eigenvalue weighted by Crippen LogP contribution is -2.32. The second kappa shape index (κ2) is 8.31.